The van der Waals surface area contributed by atoms with Crippen LogP contribution >= 0.6 is 0 Å². The molecule has 0 saturated carbocycles. The van der Waals surface area contributed by atoms with Crippen LogP contribution in [0.4, 0.5) is 16.2 Å². The summed E-state index contributed by atoms with van der Waals surface area (Å²) in [5.41, 5.74) is 1.22. The van der Waals surface area contributed by atoms with Crippen molar-refractivity contribution >= 4 is 23.4 Å². The molecule has 1 rings (SSSR count). The Labute approximate surface area is 143 Å². The lowest BCUT2D eigenvalue weighted by molar-refractivity contribution is -0.116. The topological polar surface area (TPSA) is 76.7 Å². The number of carbonyl (C=O) groups excluding carboxylic acids is 2. The number of carbonyl (C=O) groups is 2. The van der Waals surface area contributed by atoms with Crippen LogP contribution in [0.2, 0.25) is 0 Å². The molecule has 0 atom stereocenters. The van der Waals surface area contributed by atoms with Gasteiger partial charge in [-0.15, -0.1) is 0 Å². The zero-order chi connectivity index (χ0) is 17.6. The van der Waals surface area contributed by atoms with E-state index in [1.54, 1.807) is 24.3 Å². The number of nitrogens with one attached hydrogen (secondary N) is 2. The second kappa shape index (κ2) is 12.4. The largest absolute Gasteiger partial charge is 0.447 e. The third-order valence-corrected chi connectivity index (χ3v) is 3.42. The molecule has 0 heterocycles. The van der Waals surface area contributed by atoms with E-state index in [1.165, 1.54) is 26.4 Å². The molecule has 134 valence electrons. The van der Waals surface area contributed by atoms with E-state index in [1.807, 2.05) is 0 Å². The molecule has 6 nitrogen and oxygen atoms in total. The average Bonchev–Trinajstić information content (AvgIpc) is 2.55. The Hall–Kier alpha value is -2.08. The lowest BCUT2D eigenvalue weighted by Crippen LogP contribution is -2.16. The van der Waals surface area contributed by atoms with E-state index < -0.39 is 6.09 Å². The summed E-state index contributed by atoms with van der Waals surface area (Å²) in [5, 5.41) is 5.46. The van der Waals surface area contributed by atoms with E-state index in [9.17, 15) is 9.59 Å². The van der Waals surface area contributed by atoms with Gasteiger partial charge >= 0.3 is 6.09 Å². The van der Waals surface area contributed by atoms with Gasteiger partial charge in [0.25, 0.3) is 0 Å². The Morgan fingerprint density at radius 1 is 1.00 bits per heavy atom. The monoisotopic (exact) mass is 336 g/mol. The number of benzene rings is 1. The predicted octanol–water partition coefficient (Wildman–Crippen LogP) is 4.18. The Morgan fingerprint density at radius 3 is 2.42 bits per heavy atom. The fourth-order valence-corrected chi connectivity index (χ4v) is 2.16. The third-order valence-electron chi connectivity index (χ3n) is 3.42. The molecule has 6 heteroatoms. The lowest BCUT2D eigenvalue weighted by Gasteiger charge is -2.09. The van der Waals surface area contributed by atoms with Crippen molar-refractivity contribution in [3.8, 4) is 0 Å². The van der Waals surface area contributed by atoms with Gasteiger partial charge in [0.15, 0.2) is 0 Å². The first-order valence-corrected chi connectivity index (χ1v) is 8.48. The van der Waals surface area contributed by atoms with Gasteiger partial charge in [-0.2, -0.15) is 0 Å². The maximum absolute atomic E-state index is 11.9. The maximum Gasteiger partial charge on any atom is 0.411 e. The van der Waals surface area contributed by atoms with E-state index in [0.717, 1.165) is 12.8 Å². The summed E-state index contributed by atoms with van der Waals surface area (Å²) in [6, 6.07) is 6.99. The van der Waals surface area contributed by atoms with E-state index in [2.05, 4.69) is 17.6 Å². The van der Waals surface area contributed by atoms with Gasteiger partial charge in [0.2, 0.25) is 5.91 Å². The molecule has 1 aromatic carbocycles. The highest BCUT2D eigenvalue weighted by atomic mass is 16.6. The minimum Gasteiger partial charge on any atom is -0.447 e. The molecule has 0 bridgehead atoms. The van der Waals surface area contributed by atoms with Gasteiger partial charge < -0.3 is 14.8 Å². The minimum absolute atomic E-state index is 0.00804. The van der Waals surface area contributed by atoms with Crippen LogP contribution in [-0.4, -0.2) is 32.3 Å². The Morgan fingerprint density at radius 2 is 1.71 bits per heavy atom. The van der Waals surface area contributed by atoms with Crippen LogP contribution in [0.15, 0.2) is 24.3 Å². The van der Waals surface area contributed by atoms with Crippen LogP contribution in [0.3, 0.4) is 0 Å². The second-order valence-electron chi connectivity index (χ2n) is 5.55. The first kappa shape index (κ1) is 20.0. The zero-order valence-electron chi connectivity index (χ0n) is 14.6. The number of unbranched alkanes of at least 4 members (excludes halogenated alkanes) is 4. The van der Waals surface area contributed by atoms with Crippen LogP contribution in [0, 0.1) is 0 Å². The normalized spacial score (nSPS) is 10.2. The van der Waals surface area contributed by atoms with Crippen LogP contribution in [0.25, 0.3) is 0 Å². The Bertz CT molecular complexity index is 506. The van der Waals surface area contributed by atoms with E-state index in [4.69, 9.17) is 9.47 Å². The first-order chi connectivity index (χ1) is 11.7. The van der Waals surface area contributed by atoms with Gasteiger partial charge in [0.1, 0.15) is 6.61 Å². The molecule has 1 aromatic rings. The highest BCUT2D eigenvalue weighted by Crippen LogP contribution is 2.16. The van der Waals surface area contributed by atoms with Crippen molar-refractivity contribution in [3.05, 3.63) is 24.3 Å². The van der Waals surface area contributed by atoms with Crippen LogP contribution in [-0.2, 0) is 14.3 Å². The van der Waals surface area contributed by atoms with Gasteiger partial charge in [-0.3, -0.25) is 10.1 Å². The standard InChI is InChI=1S/C18H28N2O4/c1-3-4-5-6-7-11-17(21)19-15-9-8-10-16(14-15)20-18(22)24-13-12-23-2/h8-10,14H,3-7,11-13H2,1-2H3,(H,19,21)(H,20,22). The number of amides is 2. The maximum atomic E-state index is 11.9. The second-order valence-corrected chi connectivity index (χ2v) is 5.55. The predicted molar refractivity (Wildman–Crippen MR) is 95.3 cm³/mol. The number of hydrogen-bond acceptors (Lipinski definition) is 4. The van der Waals surface area contributed by atoms with Crippen molar-refractivity contribution in [1.82, 2.24) is 0 Å². The van der Waals surface area contributed by atoms with E-state index in [0.29, 0.717) is 24.4 Å². The fraction of sp³-hybridized carbons (Fsp3) is 0.556. The van der Waals surface area contributed by atoms with Gasteiger partial charge in [-0.25, -0.2) is 4.79 Å². The van der Waals surface area contributed by atoms with Crippen molar-refractivity contribution in [2.45, 2.75) is 45.4 Å². The summed E-state index contributed by atoms with van der Waals surface area (Å²) in [7, 11) is 1.54. The van der Waals surface area contributed by atoms with E-state index >= 15 is 0 Å². The Kier molecular flexibility index (Phi) is 10.3. The molecular weight excluding hydrogens is 308 g/mol. The molecule has 0 aliphatic carbocycles. The summed E-state index contributed by atoms with van der Waals surface area (Å²) in [5.74, 6) is -0.00804. The third kappa shape index (κ3) is 9.15. The molecule has 0 fully saturated rings. The first-order valence-electron chi connectivity index (χ1n) is 8.48. The molecule has 2 N–H and O–H groups in total. The van der Waals surface area contributed by atoms with Crippen molar-refractivity contribution in [1.29, 1.82) is 0 Å². The summed E-state index contributed by atoms with van der Waals surface area (Å²) in [4.78, 5) is 23.5. The number of rotatable bonds is 11. The smallest absolute Gasteiger partial charge is 0.411 e. The van der Waals surface area contributed by atoms with Crippen molar-refractivity contribution in [3.63, 3.8) is 0 Å². The highest BCUT2D eigenvalue weighted by Gasteiger charge is 2.06. The number of anilines is 2. The van der Waals surface area contributed by atoms with Gasteiger partial charge in [-0.1, -0.05) is 38.7 Å². The van der Waals surface area contributed by atoms with Gasteiger partial charge in [-0.05, 0) is 24.6 Å². The summed E-state index contributed by atoms with van der Waals surface area (Å²) in [6.07, 6.45) is 5.53. The van der Waals surface area contributed by atoms with Gasteiger partial charge in [0.05, 0.1) is 6.61 Å². The number of hydrogen-bond donors (Lipinski definition) is 2. The van der Waals surface area contributed by atoms with Crippen LogP contribution in [0.1, 0.15) is 45.4 Å². The molecular formula is C18H28N2O4. The number of methoxy groups -OCH3 is 1. The molecule has 0 saturated heterocycles. The zero-order valence-corrected chi connectivity index (χ0v) is 14.6. The molecule has 0 spiro atoms. The molecule has 0 unspecified atom stereocenters. The molecule has 0 aromatic heterocycles. The highest BCUT2D eigenvalue weighted by molar-refractivity contribution is 5.92. The van der Waals surface area contributed by atoms with Gasteiger partial charge in [0, 0.05) is 24.9 Å². The summed E-state index contributed by atoms with van der Waals surface area (Å²) >= 11 is 0. The SMILES string of the molecule is CCCCCCCC(=O)Nc1cccc(NC(=O)OCCOC)c1. The quantitative estimate of drug-likeness (QED) is 0.594. The van der Waals surface area contributed by atoms with E-state index in [-0.39, 0.29) is 12.5 Å². The average molecular weight is 336 g/mol. The van der Waals surface area contributed by atoms with Crippen molar-refractivity contribution in [2.24, 2.45) is 0 Å². The fourth-order valence-electron chi connectivity index (χ4n) is 2.16. The minimum atomic E-state index is -0.550. The molecule has 0 aliphatic rings. The number of ether oxygens (including phenoxy) is 2. The van der Waals surface area contributed by atoms with Crippen molar-refractivity contribution < 1.29 is 19.1 Å². The molecule has 24 heavy (non-hydrogen) atoms. The summed E-state index contributed by atoms with van der Waals surface area (Å²) < 4.78 is 9.74. The Balaban J connectivity index is 2.36. The molecule has 0 radical (unpaired) electrons. The van der Waals surface area contributed by atoms with Crippen molar-refractivity contribution in [2.75, 3.05) is 31.0 Å². The molecule has 2 amide bonds. The summed E-state index contributed by atoms with van der Waals surface area (Å²) in [6.45, 7) is 2.71. The lowest BCUT2D eigenvalue weighted by atomic mass is 10.1. The molecule has 0 aliphatic heterocycles. The van der Waals surface area contributed by atoms with Crippen LogP contribution in [0.5, 0.6) is 0 Å². The van der Waals surface area contributed by atoms with Crippen LogP contribution < -0.4 is 10.6 Å².